The molecule has 1 aliphatic heterocycles. The molecule has 0 radical (unpaired) electrons. The first-order chi connectivity index (χ1) is 22.8. The molecule has 49 heavy (non-hydrogen) atoms. The van der Waals surface area contributed by atoms with E-state index >= 15 is 0 Å². The van der Waals surface area contributed by atoms with Gasteiger partial charge < -0.3 is 26.2 Å². The van der Waals surface area contributed by atoms with Crippen LogP contribution in [0, 0.1) is 29.1 Å². The van der Waals surface area contributed by atoms with E-state index in [1.807, 2.05) is 20.8 Å². The zero-order valence-electron chi connectivity index (χ0n) is 30.9. The summed E-state index contributed by atoms with van der Waals surface area (Å²) < 4.78 is 25.1. The van der Waals surface area contributed by atoms with Gasteiger partial charge in [-0.2, -0.15) is 0 Å². The number of nitrogens with one attached hydrogen (secondary N) is 4. The average molecular weight is 708 g/mol. The lowest BCUT2D eigenvalue weighted by Crippen LogP contribution is -2.61. The Balaban J connectivity index is 1.87. The number of sulfone groups is 1. The predicted molar refractivity (Wildman–Crippen MR) is 190 cm³/mol. The minimum absolute atomic E-state index is 0.0710. The fourth-order valence-corrected chi connectivity index (χ4v) is 8.86. The summed E-state index contributed by atoms with van der Waals surface area (Å²) in [6, 6.07) is -4.10. The molecule has 0 aromatic carbocycles. The van der Waals surface area contributed by atoms with Crippen molar-refractivity contribution in [3.63, 3.8) is 0 Å². The van der Waals surface area contributed by atoms with E-state index in [0.29, 0.717) is 13.0 Å². The molecule has 1 saturated heterocycles. The van der Waals surface area contributed by atoms with Crippen molar-refractivity contribution in [3.05, 3.63) is 12.7 Å². The van der Waals surface area contributed by atoms with Gasteiger partial charge in [-0.05, 0) is 69.1 Å². The van der Waals surface area contributed by atoms with Crippen molar-refractivity contribution < 1.29 is 32.4 Å². The third-order valence-electron chi connectivity index (χ3n) is 11.0. The van der Waals surface area contributed by atoms with Crippen LogP contribution in [0.4, 0.5) is 4.79 Å². The van der Waals surface area contributed by atoms with Crippen LogP contribution in [0.1, 0.15) is 107 Å². The smallest absolute Gasteiger partial charge is 0.315 e. The van der Waals surface area contributed by atoms with E-state index in [-0.39, 0.29) is 53.7 Å². The van der Waals surface area contributed by atoms with Crippen LogP contribution in [0.3, 0.4) is 0 Å². The second-order valence-electron chi connectivity index (χ2n) is 16.2. The maximum Gasteiger partial charge on any atom is 0.315 e. The average Bonchev–Trinajstić information content (AvgIpc) is 3.33. The van der Waals surface area contributed by atoms with Gasteiger partial charge in [0.1, 0.15) is 12.1 Å². The van der Waals surface area contributed by atoms with Gasteiger partial charge in [0.2, 0.25) is 17.6 Å². The standard InChI is InChI=1S/C36H61N5O7S/c1-10-12-18-25(30(42)32(44)37-19-11-2)38-31(43)29-27-24(36(27,8)9)20-41(29)33(45)28(23-16-14-13-15-17-23)40-34(46)39-26(22(3)4)21-49(47,48)35(5,6)7/h11,22-29H,2,10,12-21H2,1,3-9H3,(H,37,44)(H,38,43)(H2,39,40,46)/t24-,25?,26+,27-,28-,29-/m0/s1. The minimum Gasteiger partial charge on any atom is -0.346 e. The summed E-state index contributed by atoms with van der Waals surface area (Å²) in [6.07, 6.45) is 7.46. The number of ketones is 1. The number of carbonyl (C=O) groups excluding carboxylic acids is 5. The maximum absolute atomic E-state index is 14.5. The van der Waals surface area contributed by atoms with E-state index in [4.69, 9.17) is 0 Å². The van der Waals surface area contributed by atoms with Crippen LogP contribution in [0.5, 0.6) is 0 Å². The highest BCUT2D eigenvalue weighted by Crippen LogP contribution is 2.65. The van der Waals surface area contributed by atoms with Gasteiger partial charge in [0.25, 0.3) is 5.91 Å². The van der Waals surface area contributed by atoms with Crippen LogP contribution in [0.15, 0.2) is 12.7 Å². The third kappa shape index (κ3) is 9.64. The lowest BCUT2D eigenvalue weighted by molar-refractivity contribution is -0.144. The summed E-state index contributed by atoms with van der Waals surface area (Å²) in [4.78, 5) is 69.5. The quantitative estimate of drug-likeness (QED) is 0.141. The molecule has 1 heterocycles. The monoisotopic (exact) mass is 707 g/mol. The Morgan fingerprint density at radius 2 is 1.63 bits per heavy atom. The van der Waals surface area contributed by atoms with Crippen LogP contribution in [0.25, 0.3) is 0 Å². The highest BCUT2D eigenvalue weighted by molar-refractivity contribution is 7.92. The molecule has 0 spiro atoms. The number of nitrogens with zero attached hydrogens (tertiary/aromatic N) is 1. The minimum atomic E-state index is -3.54. The van der Waals surface area contributed by atoms with Crippen molar-refractivity contribution in [1.82, 2.24) is 26.2 Å². The number of urea groups is 1. The summed E-state index contributed by atoms with van der Waals surface area (Å²) in [7, 11) is -3.54. The lowest BCUT2D eigenvalue weighted by atomic mass is 9.83. The van der Waals surface area contributed by atoms with Gasteiger partial charge in [-0.1, -0.05) is 72.8 Å². The summed E-state index contributed by atoms with van der Waals surface area (Å²) in [5.74, 6) is -3.00. The zero-order chi connectivity index (χ0) is 36.9. The van der Waals surface area contributed by atoms with E-state index in [0.717, 1.165) is 38.5 Å². The first-order valence-electron chi connectivity index (χ1n) is 18.1. The molecule has 12 nitrogen and oxygen atoms in total. The highest BCUT2D eigenvalue weighted by atomic mass is 32.2. The van der Waals surface area contributed by atoms with Crippen molar-refractivity contribution in [2.75, 3.05) is 18.8 Å². The summed E-state index contributed by atoms with van der Waals surface area (Å²) in [5.41, 5.74) is -0.197. The SMILES string of the molecule is C=CCNC(=O)C(=O)C(CCCC)NC(=O)[C@@H]1[C@@H]2[C@H](CN1C(=O)[C@@H](NC(=O)N[C@H](CS(=O)(=O)C(C)(C)C)C(C)C)C1CCCCC1)C2(C)C. The number of likely N-dealkylation sites (tertiary alicyclic amines) is 1. The number of Topliss-reactive ketones (excluding diaryl/α,β-unsaturated/α-hetero) is 1. The number of amides is 5. The van der Waals surface area contributed by atoms with Crippen molar-refractivity contribution >= 4 is 39.4 Å². The molecule has 4 N–H and O–H groups in total. The van der Waals surface area contributed by atoms with Gasteiger partial charge in [-0.25, -0.2) is 13.2 Å². The Labute approximate surface area is 293 Å². The molecule has 0 aromatic rings. The van der Waals surface area contributed by atoms with Gasteiger partial charge in [-0.3, -0.25) is 19.2 Å². The number of hydrogen-bond donors (Lipinski definition) is 4. The molecular formula is C36H61N5O7S. The molecule has 13 heteroatoms. The van der Waals surface area contributed by atoms with E-state index in [1.54, 1.807) is 25.7 Å². The number of hydrogen-bond acceptors (Lipinski definition) is 7. The summed E-state index contributed by atoms with van der Waals surface area (Å²) in [6.45, 7) is 18.7. The number of fused-ring (bicyclic) bond motifs is 1. The highest BCUT2D eigenvalue weighted by Gasteiger charge is 2.69. The Kier molecular flexibility index (Phi) is 13.5. The van der Waals surface area contributed by atoms with Crippen molar-refractivity contribution in [3.8, 4) is 0 Å². The number of unbranched alkanes of at least 4 members (excludes halogenated alkanes) is 1. The van der Waals surface area contributed by atoms with Crippen molar-refractivity contribution in [2.24, 2.45) is 29.1 Å². The summed E-state index contributed by atoms with van der Waals surface area (Å²) in [5, 5.41) is 11.1. The molecule has 2 saturated carbocycles. The Bertz CT molecular complexity index is 1350. The number of rotatable bonds is 16. The fraction of sp³-hybridized carbons (Fsp3) is 0.806. The maximum atomic E-state index is 14.5. The Hall–Kier alpha value is -2.96. The normalized spacial score (nSPS) is 23.9. The van der Waals surface area contributed by atoms with Gasteiger partial charge in [0.15, 0.2) is 9.84 Å². The van der Waals surface area contributed by atoms with Crippen LogP contribution in [-0.4, -0.2) is 90.6 Å². The number of piperidine rings is 1. The third-order valence-corrected chi connectivity index (χ3v) is 13.7. The second kappa shape index (κ2) is 16.4. The lowest BCUT2D eigenvalue weighted by Gasteiger charge is -2.37. The number of carbonyl (C=O) groups is 5. The van der Waals surface area contributed by atoms with Gasteiger partial charge >= 0.3 is 6.03 Å². The van der Waals surface area contributed by atoms with Crippen LogP contribution in [0.2, 0.25) is 0 Å². The van der Waals surface area contributed by atoms with Crippen molar-refractivity contribution in [2.45, 2.75) is 136 Å². The molecule has 278 valence electrons. The van der Waals surface area contributed by atoms with Crippen LogP contribution < -0.4 is 21.3 Å². The fourth-order valence-electron chi connectivity index (χ4n) is 7.42. The van der Waals surface area contributed by atoms with Gasteiger partial charge in [-0.15, -0.1) is 6.58 Å². The molecule has 1 unspecified atom stereocenters. The van der Waals surface area contributed by atoms with E-state index < -0.39 is 62.4 Å². The zero-order valence-corrected chi connectivity index (χ0v) is 31.7. The van der Waals surface area contributed by atoms with Crippen LogP contribution in [-0.2, 0) is 29.0 Å². The molecule has 3 fully saturated rings. The Morgan fingerprint density at radius 3 is 2.18 bits per heavy atom. The molecule has 0 aromatic heterocycles. The molecule has 5 amide bonds. The molecule has 3 rings (SSSR count). The van der Waals surface area contributed by atoms with E-state index in [2.05, 4.69) is 41.7 Å². The van der Waals surface area contributed by atoms with Gasteiger partial charge in [0.05, 0.1) is 16.5 Å². The second-order valence-corrected chi connectivity index (χ2v) is 19.0. The van der Waals surface area contributed by atoms with E-state index in [9.17, 15) is 32.4 Å². The van der Waals surface area contributed by atoms with Crippen LogP contribution >= 0.6 is 0 Å². The molecule has 3 aliphatic rings. The first-order valence-corrected chi connectivity index (χ1v) is 19.8. The first kappa shape index (κ1) is 40.5. The Morgan fingerprint density at radius 1 is 1.00 bits per heavy atom. The molecule has 0 bridgehead atoms. The molecule has 6 atom stereocenters. The van der Waals surface area contributed by atoms with Crippen molar-refractivity contribution in [1.29, 1.82) is 0 Å². The largest absolute Gasteiger partial charge is 0.346 e. The summed E-state index contributed by atoms with van der Waals surface area (Å²) >= 11 is 0. The molecular weight excluding hydrogens is 646 g/mol. The van der Waals surface area contributed by atoms with E-state index in [1.165, 1.54) is 6.08 Å². The molecule has 2 aliphatic carbocycles. The van der Waals surface area contributed by atoms with Gasteiger partial charge in [0, 0.05) is 19.1 Å². The topological polar surface area (TPSA) is 171 Å². The predicted octanol–water partition coefficient (Wildman–Crippen LogP) is 3.50.